The van der Waals surface area contributed by atoms with Gasteiger partial charge in [-0.25, -0.2) is 0 Å². The van der Waals surface area contributed by atoms with Crippen LogP contribution >= 0.6 is 23.4 Å². The van der Waals surface area contributed by atoms with Crippen molar-refractivity contribution in [3.63, 3.8) is 0 Å². The van der Waals surface area contributed by atoms with Crippen molar-refractivity contribution in [2.45, 2.75) is 12.1 Å². The maximum Gasteiger partial charge on any atom is 0.234 e. The Bertz CT molecular complexity index is 1300. The lowest BCUT2D eigenvalue weighted by molar-refractivity contribution is -0.113. The third kappa shape index (κ3) is 4.64. The van der Waals surface area contributed by atoms with Crippen LogP contribution in [0.25, 0.3) is 17.1 Å². The Balaban J connectivity index is 1.61. The van der Waals surface area contributed by atoms with E-state index in [9.17, 15) is 4.79 Å². The van der Waals surface area contributed by atoms with Gasteiger partial charge in [-0.15, -0.1) is 10.2 Å². The molecule has 9 heteroatoms. The number of nitrogens with zero attached hydrogens (tertiary/aromatic N) is 5. The molecule has 4 aromatic rings. The summed E-state index contributed by atoms with van der Waals surface area (Å²) in [6.07, 6.45) is 3.38. The topological polar surface area (TPSA) is 96.5 Å². The number of aromatic nitrogens is 4. The van der Waals surface area contributed by atoms with Gasteiger partial charge in [-0.1, -0.05) is 29.4 Å². The van der Waals surface area contributed by atoms with Crippen molar-refractivity contribution in [2.75, 3.05) is 11.1 Å². The standard InChI is InChI=1S/C23H17ClN6OS/c1-15-19(24)3-2-4-20(15)30-22(17-9-11-26-12-10-17)28-29-23(30)32-14-21(31)27-18-7-5-16(13-25)6-8-18/h2-12H,14H2,1H3,(H,27,31). The molecular formula is C23H17ClN6OS. The molecule has 0 bridgehead atoms. The van der Waals surface area contributed by atoms with E-state index in [0.29, 0.717) is 27.3 Å². The van der Waals surface area contributed by atoms with Crippen LogP contribution in [0.3, 0.4) is 0 Å². The molecule has 0 radical (unpaired) electrons. The summed E-state index contributed by atoms with van der Waals surface area (Å²) in [6, 6.07) is 18.1. The highest BCUT2D eigenvalue weighted by atomic mass is 35.5. The maximum atomic E-state index is 12.5. The summed E-state index contributed by atoms with van der Waals surface area (Å²) in [7, 11) is 0. The monoisotopic (exact) mass is 460 g/mol. The van der Waals surface area contributed by atoms with E-state index in [4.69, 9.17) is 16.9 Å². The Kier molecular flexibility index (Phi) is 6.50. The zero-order valence-electron chi connectivity index (χ0n) is 17.0. The van der Waals surface area contributed by atoms with E-state index in [1.165, 1.54) is 11.8 Å². The SMILES string of the molecule is Cc1c(Cl)cccc1-n1c(SCC(=O)Nc2ccc(C#N)cc2)nnc1-c1ccncc1. The first kappa shape index (κ1) is 21.6. The van der Waals surface area contributed by atoms with Crippen molar-refractivity contribution >= 4 is 35.0 Å². The third-order valence-electron chi connectivity index (χ3n) is 4.68. The van der Waals surface area contributed by atoms with E-state index in [1.807, 2.05) is 41.8 Å². The average molecular weight is 461 g/mol. The second-order valence-electron chi connectivity index (χ2n) is 6.79. The van der Waals surface area contributed by atoms with E-state index in [0.717, 1.165) is 16.8 Å². The molecule has 0 saturated carbocycles. The molecule has 7 nitrogen and oxygen atoms in total. The van der Waals surface area contributed by atoms with Crippen LogP contribution in [0.5, 0.6) is 0 Å². The lowest BCUT2D eigenvalue weighted by Gasteiger charge is -2.14. The predicted molar refractivity (Wildman–Crippen MR) is 125 cm³/mol. The molecule has 0 aliphatic rings. The summed E-state index contributed by atoms with van der Waals surface area (Å²) >= 11 is 7.64. The van der Waals surface area contributed by atoms with Crippen LogP contribution in [0.15, 0.2) is 72.1 Å². The number of pyridine rings is 1. The van der Waals surface area contributed by atoms with Crippen LogP contribution in [0.2, 0.25) is 5.02 Å². The quantitative estimate of drug-likeness (QED) is 0.411. The minimum atomic E-state index is -0.192. The fraction of sp³-hybridized carbons (Fsp3) is 0.0870. The van der Waals surface area contributed by atoms with Gasteiger partial charge < -0.3 is 5.32 Å². The van der Waals surface area contributed by atoms with Gasteiger partial charge in [0.1, 0.15) is 0 Å². The van der Waals surface area contributed by atoms with Gasteiger partial charge in [0.25, 0.3) is 0 Å². The summed E-state index contributed by atoms with van der Waals surface area (Å²) < 4.78 is 1.90. The molecule has 0 spiro atoms. The molecule has 0 fully saturated rings. The molecule has 2 aromatic carbocycles. The number of halogens is 1. The number of carbonyl (C=O) groups excluding carboxylic acids is 1. The number of thioether (sulfide) groups is 1. The van der Waals surface area contributed by atoms with Crippen molar-refractivity contribution in [1.82, 2.24) is 19.7 Å². The highest BCUT2D eigenvalue weighted by Crippen LogP contribution is 2.31. The largest absolute Gasteiger partial charge is 0.325 e. The van der Waals surface area contributed by atoms with E-state index < -0.39 is 0 Å². The summed E-state index contributed by atoms with van der Waals surface area (Å²) in [5, 5.41) is 21.6. The first-order valence-electron chi connectivity index (χ1n) is 9.61. The lowest BCUT2D eigenvalue weighted by Crippen LogP contribution is -2.14. The van der Waals surface area contributed by atoms with Gasteiger partial charge in [-0.05, 0) is 61.0 Å². The van der Waals surface area contributed by atoms with E-state index in [-0.39, 0.29) is 11.7 Å². The smallest absolute Gasteiger partial charge is 0.234 e. The Morgan fingerprint density at radius 1 is 1.12 bits per heavy atom. The molecular weight excluding hydrogens is 444 g/mol. The minimum absolute atomic E-state index is 0.133. The summed E-state index contributed by atoms with van der Waals surface area (Å²) in [5.74, 6) is 0.573. The molecule has 0 unspecified atom stereocenters. The number of benzene rings is 2. The number of carbonyl (C=O) groups is 1. The average Bonchev–Trinajstić information content (AvgIpc) is 3.24. The van der Waals surface area contributed by atoms with Gasteiger partial charge in [-0.3, -0.25) is 14.3 Å². The van der Waals surface area contributed by atoms with E-state index in [1.54, 1.807) is 36.7 Å². The Labute approximate surface area is 194 Å². The van der Waals surface area contributed by atoms with Crippen molar-refractivity contribution in [2.24, 2.45) is 0 Å². The fourth-order valence-corrected chi connectivity index (χ4v) is 3.98. The summed E-state index contributed by atoms with van der Waals surface area (Å²) in [6.45, 7) is 1.93. The number of nitrogens with one attached hydrogen (secondary N) is 1. The zero-order valence-corrected chi connectivity index (χ0v) is 18.6. The Morgan fingerprint density at radius 2 is 1.88 bits per heavy atom. The molecule has 0 saturated heterocycles. The first-order chi connectivity index (χ1) is 15.6. The predicted octanol–water partition coefficient (Wildman–Crippen LogP) is 4.89. The van der Waals surface area contributed by atoms with Crippen molar-refractivity contribution < 1.29 is 4.79 Å². The van der Waals surface area contributed by atoms with E-state index in [2.05, 4.69) is 26.6 Å². The lowest BCUT2D eigenvalue weighted by atomic mass is 10.2. The summed E-state index contributed by atoms with van der Waals surface area (Å²) in [5.41, 5.74) is 3.73. The maximum absolute atomic E-state index is 12.5. The molecule has 1 amide bonds. The second-order valence-corrected chi connectivity index (χ2v) is 8.14. The molecule has 4 rings (SSSR count). The molecule has 32 heavy (non-hydrogen) atoms. The van der Waals surface area contributed by atoms with Crippen LogP contribution in [-0.4, -0.2) is 31.4 Å². The first-order valence-corrected chi connectivity index (χ1v) is 11.0. The van der Waals surface area contributed by atoms with Crippen LogP contribution in [-0.2, 0) is 4.79 Å². The van der Waals surface area contributed by atoms with Crippen molar-refractivity contribution in [3.05, 3.63) is 83.1 Å². The normalized spacial score (nSPS) is 10.5. The zero-order chi connectivity index (χ0) is 22.5. The van der Waals surface area contributed by atoms with Crippen LogP contribution in [0, 0.1) is 18.3 Å². The number of nitriles is 1. The van der Waals surface area contributed by atoms with Crippen LogP contribution in [0.1, 0.15) is 11.1 Å². The number of hydrogen-bond acceptors (Lipinski definition) is 6. The van der Waals surface area contributed by atoms with Crippen molar-refractivity contribution in [1.29, 1.82) is 5.26 Å². The Morgan fingerprint density at radius 3 is 2.59 bits per heavy atom. The molecule has 2 heterocycles. The molecule has 0 atom stereocenters. The number of hydrogen-bond donors (Lipinski definition) is 1. The van der Waals surface area contributed by atoms with Crippen LogP contribution < -0.4 is 5.32 Å². The van der Waals surface area contributed by atoms with Gasteiger partial charge in [0, 0.05) is 28.7 Å². The third-order valence-corrected chi connectivity index (χ3v) is 6.02. The second kappa shape index (κ2) is 9.64. The number of anilines is 1. The van der Waals surface area contributed by atoms with E-state index >= 15 is 0 Å². The van der Waals surface area contributed by atoms with Gasteiger partial charge >= 0.3 is 0 Å². The Hall–Kier alpha value is -3.67. The van der Waals surface area contributed by atoms with Gasteiger partial charge in [0.2, 0.25) is 5.91 Å². The molecule has 2 aromatic heterocycles. The highest BCUT2D eigenvalue weighted by molar-refractivity contribution is 7.99. The minimum Gasteiger partial charge on any atom is -0.325 e. The molecule has 158 valence electrons. The van der Waals surface area contributed by atoms with Crippen LogP contribution in [0.4, 0.5) is 5.69 Å². The molecule has 1 N–H and O–H groups in total. The number of rotatable bonds is 6. The van der Waals surface area contributed by atoms with Gasteiger partial charge in [0.05, 0.1) is 23.1 Å². The van der Waals surface area contributed by atoms with Gasteiger partial charge in [-0.2, -0.15) is 5.26 Å². The molecule has 0 aliphatic heterocycles. The highest BCUT2D eigenvalue weighted by Gasteiger charge is 2.19. The number of amides is 1. The summed E-state index contributed by atoms with van der Waals surface area (Å²) in [4.78, 5) is 16.6. The van der Waals surface area contributed by atoms with Gasteiger partial charge in [0.15, 0.2) is 11.0 Å². The van der Waals surface area contributed by atoms with Crippen molar-refractivity contribution in [3.8, 4) is 23.1 Å². The molecule has 0 aliphatic carbocycles. The fourth-order valence-electron chi connectivity index (χ4n) is 3.06.